The highest BCUT2D eigenvalue weighted by molar-refractivity contribution is 5.94. The number of hydrogen-bond donors (Lipinski definition) is 1. The highest BCUT2D eigenvalue weighted by atomic mass is 16.7. The Hall–Kier alpha value is -1.99. The fourth-order valence-electron chi connectivity index (χ4n) is 1.70. The molecule has 1 aliphatic rings. The summed E-state index contributed by atoms with van der Waals surface area (Å²) < 4.78 is 0. The van der Waals surface area contributed by atoms with Crippen LogP contribution in [-0.2, 0) is 4.84 Å². The molecule has 0 aromatic heterocycles. The van der Waals surface area contributed by atoms with Crippen molar-refractivity contribution in [2.24, 2.45) is 0 Å². The molecule has 2 rings (SSSR count). The molecule has 0 aliphatic carbocycles. The van der Waals surface area contributed by atoms with Crippen LogP contribution in [0.4, 0.5) is 5.69 Å². The molecule has 0 bridgehead atoms. The monoisotopic (exact) mass is 252 g/mol. The van der Waals surface area contributed by atoms with E-state index in [1.54, 1.807) is 6.92 Å². The highest BCUT2D eigenvalue weighted by Crippen LogP contribution is 2.21. The second-order valence-electron chi connectivity index (χ2n) is 4.07. The average molecular weight is 252 g/mol. The third kappa shape index (κ3) is 2.31. The maximum Gasteiger partial charge on any atom is 0.277 e. The number of benzene rings is 1. The zero-order valence-electron chi connectivity index (χ0n) is 9.70. The normalized spacial score (nSPS) is 19.0. The van der Waals surface area contributed by atoms with Gasteiger partial charge in [-0.1, -0.05) is 6.07 Å². The summed E-state index contributed by atoms with van der Waals surface area (Å²) in [5, 5.41) is 21.0. The number of carbonyl (C=O) groups is 1. The smallest absolute Gasteiger partial charge is 0.277 e. The number of nitrogens with zero attached hydrogens (tertiary/aromatic N) is 2. The number of β-amino-alcohol motifs (C(OH)–C–C–N with tert-alkyl or cyclic N) is 1. The Labute approximate surface area is 103 Å². The molecular weight excluding hydrogens is 240 g/mol. The number of carbonyl (C=O) groups excluding carboxylic acids is 1. The molecule has 0 spiro atoms. The van der Waals surface area contributed by atoms with E-state index in [9.17, 15) is 20.0 Å². The van der Waals surface area contributed by atoms with E-state index in [2.05, 4.69) is 0 Å². The lowest BCUT2D eigenvalue weighted by Crippen LogP contribution is -2.28. The van der Waals surface area contributed by atoms with Crippen LogP contribution in [0.5, 0.6) is 0 Å². The summed E-state index contributed by atoms with van der Waals surface area (Å²) in [6.45, 7) is 1.72. The first kappa shape index (κ1) is 12.5. The molecule has 1 saturated heterocycles. The number of hydroxylamine groups is 2. The maximum absolute atomic E-state index is 11.9. The largest absolute Gasteiger partial charge is 0.389 e. The minimum Gasteiger partial charge on any atom is -0.389 e. The fourth-order valence-corrected chi connectivity index (χ4v) is 1.70. The van der Waals surface area contributed by atoms with Crippen molar-refractivity contribution in [2.45, 2.75) is 13.0 Å². The zero-order valence-corrected chi connectivity index (χ0v) is 9.70. The van der Waals surface area contributed by atoms with Gasteiger partial charge in [-0.3, -0.25) is 19.7 Å². The summed E-state index contributed by atoms with van der Waals surface area (Å²) in [7, 11) is 0. The molecular formula is C11H12N2O5. The number of amides is 1. The van der Waals surface area contributed by atoms with Gasteiger partial charge in [-0.05, 0) is 13.0 Å². The van der Waals surface area contributed by atoms with Crippen LogP contribution >= 0.6 is 0 Å². The summed E-state index contributed by atoms with van der Waals surface area (Å²) in [5.41, 5.74) is 0.543. The Kier molecular flexibility index (Phi) is 3.26. The van der Waals surface area contributed by atoms with Crippen LogP contribution in [0.2, 0.25) is 0 Å². The first-order valence-corrected chi connectivity index (χ1v) is 5.37. The second kappa shape index (κ2) is 4.71. The van der Waals surface area contributed by atoms with Gasteiger partial charge < -0.3 is 5.11 Å². The van der Waals surface area contributed by atoms with Crippen molar-refractivity contribution in [3.8, 4) is 0 Å². The standard InChI is InChI=1S/C11H12N2O5/c1-7-2-3-8(4-10(7)13(16)17)11(15)12-5-9(14)6-18-12/h2-4,9,14H,5-6H2,1H3/t9-/m0/s1. The van der Waals surface area contributed by atoms with E-state index in [-0.39, 0.29) is 24.4 Å². The Morgan fingerprint density at radius 2 is 2.33 bits per heavy atom. The van der Waals surface area contributed by atoms with Gasteiger partial charge in [0.1, 0.15) is 12.7 Å². The van der Waals surface area contributed by atoms with Crippen LogP contribution in [0.15, 0.2) is 18.2 Å². The first-order chi connectivity index (χ1) is 8.49. The van der Waals surface area contributed by atoms with Crippen LogP contribution < -0.4 is 0 Å². The summed E-state index contributed by atoms with van der Waals surface area (Å²) in [6, 6.07) is 4.22. The SMILES string of the molecule is Cc1ccc(C(=O)N2C[C@H](O)CO2)cc1[N+](=O)[O-]. The molecule has 96 valence electrons. The molecule has 0 unspecified atom stereocenters. The van der Waals surface area contributed by atoms with Crippen LogP contribution in [0.25, 0.3) is 0 Å². The third-order valence-corrected chi connectivity index (χ3v) is 2.68. The van der Waals surface area contributed by atoms with E-state index in [0.717, 1.165) is 5.06 Å². The molecule has 7 nitrogen and oxygen atoms in total. The van der Waals surface area contributed by atoms with Crippen LogP contribution in [0.1, 0.15) is 15.9 Å². The van der Waals surface area contributed by atoms with Crippen molar-refractivity contribution in [3.05, 3.63) is 39.4 Å². The van der Waals surface area contributed by atoms with Crippen LogP contribution in [-0.4, -0.2) is 40.3 Å². The minimum atomic E-state index is -0.714. The molecule has 18 heavy (non-hydrogen) atoms. The molecule has 0 radical (unpaired) electrons. The molecule has 1 aromatic carbocycles. The second-order valence-corrected chi connectivity index (χ2v) is 4.07. The number of aryl methyl sites for hydroxylation is 1. The van der Waals surface area contributed by atoms with Gasteiger partial charge in [0, 0.05) is 17.2 Å². The summed E-state index contributed by atoms with van der Waals surface area (Å²) in [6.07, 6.45) is -0.714. The van der Waals surface area contributed by atoms with E-state index in [0.29, 0.717) is 5.56 Å². The number of rotatable bonds is 2. The molecule has 1 aromatic rings. The van der Waals surface area contributed by atoms with E-state index in [4.69, 9.17) is 4.84 Å². The van der Waals surface area contributed by atoms with Crippen molar-refractivity contribution in [1.82, 2.24) is 5.06 Å². The van der Waals surface area contributed by atoms with Crippen LogP contribution in [0, 0.1) is 17.0 Å². The molecule has 1 N–H and O–H groups in total. The van der Waals surface area contributed by atoms with E-state index in [1.807, 2.05) is 0 Å². The van der Waals surface area contributed by atoms with E-state index < -0.39 is 16.9 Å². The fraction of sp³-hybridized carbons (Fsp3) is 0.364. The van der Waals surface area contributed by atoms with Gasteiger partial charge in [0.2, 0.25) is 0 Å². The Balaban J connectivity index is 2.26. The van der Waals surface area contributed by atoms with Gasteiger partial charge in [-0.25, -0.2) is 5.06 Å². The lowest BCUT2D eigenvalue weighted by Gasteiger charge is -2.13. The van der Waals surface area contributed by atoms with Crippen molar-refractivity contribution in [1.29, 1.82) is 0 Å². The van der Waals surface area contributed by atoms with Gasteiger partial charge >= 0.3 is 0 Å². The van der Waals surface area contributed by atoms with Gasteiger partial charge in [0.05, 0.1) is 11.5 Å². The van der Waals surface area contributed by atoms with E-state index in [1.165, 1.54) is 18.2 Å². The number of nitro benzene ring substituents is 1. The minimum absolute atomic E-state index is 0.0553. The van der Waals surface area contributed by atoms with Gasteiger partial charge in [0.15, 0.2) is 0 Å². The predicted octanol–water partition coefficient (Wildman–Crippen LogP) is 0.652. The molecule has 1 amide bonds. The van der Waals surface area contributed by atoms with Crippen molar-refractivity contribution < 1.29 is 19.7 Å². The summed E-state index contributed by atoms with van der Waals surface area (Å²) >= 11 is 0. The van der Waals surface area contributed by atoms with Crippen molar-refractivity contribution in [2.75, 3.05) is 13.2 Å². The van der Waals surface area contributed by atoms with Crippen molar-refractivity contribution in [3.63, 3.8) is 0 Å². The molecule has 0 saturated carbocycles. The molecule has 1 aliphatic heterocycles. The van der Waals surface area contributed by atoms with Gasteiger partial charge in [-0.15, -0.1) is 0 Å². The van der Waals surface area contributed by atoms with E-state index >= 15 is 0 Å². The van der Waals surface area contributed by atoms with Gasteiger partial charge in [0.25, 0.3) is 11.6 Å². The Bertz CT molecular complexity index is 502. The predicted molar refractivity (Wildman–Crippen MR) is 60.8 cm³/mol. The van der Waals surface area contributed by atoms with Crippen molar-refractivity contribution >= 4 is 11.6 Å². The molecule has 7 heteroatoms. The number of hydrogen-bond acceptors (Lipinski definition) is 5. The number of aliphatic hydroxyl groups is 1. The first-order valence-electron chi connectivity index (χ1n) is 5.37. The molecule has 1 fully saturated rings. The lowest BCUT2D eigenvalue weighted by atomic mass is 10.1. The topological polar surface area (TPSA) is 92.9 Å². The summed E-state index contributed by atoms with van der Waals surface area (Å²) in [5.74, 6) is -0.491. The Morgan fingerprint density at radius 1 is 1.61 bits per heavy atom. The zero-order chi connectivity index (χ0) is 13.3. The molecule has 1 atom stereocenters. The maximum atomic E-state index is 11.9. The number of aliphatic hydroxyl groups excluding tert-OH is 1. The Morgan fingerprint density at radius 3 is 2.89 bits per heavy atom. The van der Waals surface area contributed by atoms with Crippen LogP contribution in [0.3, 0.4) is 0 Å². The highest BCUT2D eigenvalue weighted by Gasteiger charge is 2.28. The molecule has 1 heterocycles. The quantitative estimate of drug-likeness (QED) is 0.616. The summed E-state index contributed by atoms with van der Waals surface area (Å²) in [4.78, 5) is 27.2. The lowest BCUT2D eigenvalue weighted by molar-refractivity contribution is -0.385. The third-order valence-electron chi connectivity index (χ3n) is 2.68. The van der Waals surface area contributed by atoms with Gasteiger partial charge in [-0.2, -0.15) is 0 Å². The number of nitro groups is 1. The average Bonchev–Trinajstić information content (AvgIpc) is 2.75.